The Balaban J connectivity index is 1.42. The number of fused-ring (bicyclic) bond motifs is 3. The van der Waals surface area contributed by atoms with Gasteiger partial charge in [0.2, 0.25) is 11.8 Å². The van der Waals surface area contributed by atoms with Crippen LogP contribution in [0.5, 0.6) is 5.75 Å². The van der Waals surface area contributed by atoms with Crippen LogP contribution in [-0.2, 0) is 9.59 Å². The molecule has 4 rings (SSSR count). The van der Waals surface area contributed by atoms with Gasteiger partial charge >= 0.3 is 0 Å². The van der Waals surface area contributed by atoms with Gasteiger partial charge in [-0.05, 0) is 63.5 Å². The van der Waals surface area contributed by atoms with Gasteiger partial charge in [0.25, 0.3) is 0 Å². The quantitative estimate of drug-likeness (QED) is 0.329. The van der Waals surface area contributed by atoms with Crippen LogP contribution in [0.15, 0.2) is 18.2 Å². The number of unbranched alkanes of at least 4 members (excludes halogenated alkanes) is 3. The maximum Gasteiger partial charge on any atom is 0.231 e. The summed E-state index contributed by atoms with van der Waals surface area (Å²) >= 11 is 1.49. The number of aromatic nitrogens is 1. The van der Waals surface area contributed by atoms with Gasteiger partial charge in [-0.15, -0.1) is 0 Å². The molecule has 1 aromatic heterocycles. The van der Waals surface area contributed by atoms with E-state index in [4.69, 9.17) is 9.72 Å². The number of para-hydroxylation sites is 1. The zero-order chi connectivity index (χ0) is 27.3. The lowest BCUT2D eigenvalue weighted by molar-refractivity contribution is -0.136. The smallest absolute Gasteiger partial charge is 0.231 e. The van der Waals surface area contributed by atoms with E-state index in [0.29, 0.717) is 36.0 Å². The van der Waals surface area contributed by atoms with Crippen molar-refractivity contribution in [3.05, 3.63) is 18.2 Å². The highest BCUT2D eigenvalue weighted by Crippen LogP contribution is 2.47. The van der Waals surface area contributed by atoms with Gasteiger partial charge in [-0.3, -0.25) is 9.59 Å². The number of carbonyl (C=O) groups is 2. The Morgan fingerprint density at radius 1 is 1.18 bits per heavy atom. The molecule has 2 fully saturated rings. The van der Waals surface area contributed by atoms with Crippen molar-refractivity contribution >= 4 is 38.5 Å². The van der Waals surface area contributed by atoms with Gasteiger partial charge in [0.1, 0.15) is 11.3 Å². The first kappa shape index (κ1) is 28.8. The van der Waals surface area contributed by atoms with Crippen LogP contribution in [0.4, 0.5) is 5.13 Å². The van der Waals surface area contributed by atoms with E-state index in [-0.39, 0.29) is 11.3 Å². The third-order valence-electron chi connectivity index (χ3n) is 8.64. The molecule has 2 amide bonds. The molecular weight excluding hydrogens is 494 g/mol. The third-order valence-corrected chi connectivity index (χ3v) is 9.58. The molecule has 7 heteroatoms. The van der Waals surface area contributed by atoms with Crippen LogP contribution in [-0.4, -0.2) is 40.9 Å². The summed E-state index contributed by atoms with van der Waals surface area (Å²) in [6, 6.07) is 6.34. The molecule has 1 aliphatic heterocycles. The monoisotopic (exact) mass is 541 g/mol. The lowest BCUT2D eigenvalue weighted by atomic mass is 9.65. The minimum absolute atomic E-state index is 0.0386. The number of ether oxygens (including phenoxy) is 1. The summed E-state index contributed by atoms with van der Waals surface area (Å²) < 4.78 is 7.57. The summed E-state index contributed by atoms with van der Waals surface area (Å²) in [6.07, 6.45) is 12.1. The molecule has 6 nitrogen and oxygen atoms in total. The molecular formula is C31H47N3O3S. The van der Waals surface area contributed by atoms with Crippen molar-refractivity contribution < 1.29 is 14.3 Å². The number of anilines is 1. The number of hydrogen-bond donors (Lipinski definition) is 1. The topological polar surface area (TPSA) is 71.5 Å². The molecule has 38 heavy (non-hydrogen) atoms. The summed E-state index contributed by atoms with van der Waals surface area (Å²) in [5.74, 6) is 1.64. The SMILES string of the molecule is CCCCCCC(=O)N1CCCC2(COc3cccc4sc(NC(=O)C(C)(C)C)nc34)CCCC(C2)C1C. The molecule has 1 aromatic carbocycles. The fourth-order valence-electron chi connectivity index (χ4n) is 6.23. The second-order valence-corrected chi connectivity index (χ2v) is 13.7. The first-order chi connectivity index (χ1) is 18.1. The van der Waals surface area contributed by atoms with E-state index in [9.17, 15) is 9.59 Å². The molecule has 1 aliphatic carbocycles. The minimum Gasteiger partial charge on any atom is -0.491 e. The van der Waals surface area contributed by atoms with Gasteiger partial charge in [0, 0.05) is 29.8 Å². The molecule has 3 atom stereocenters. The zero-order valence-electron chi connectivity index (χ0n) is 24.1. The van der Waals surface area contributed by atoms with E-state index in [1.54, 1.807) is 0 Å². The Morgan fingerprint density at radius 2 is 1.97 bits per heavy atom. The van der Waals surface area contributed by atoms with E-state index in [1.807, 2.05) is 39.0 Å². The highest BCUT2D eigenvalue weighted by molar-refractivity contribution is 7.22. The molecule has 210 valence electrons. The van der Waals surface area contributed by atoms with Gasteiger partial charge < -0.3 is 15.0 Å². The van der Waals surface area contributed by atoms with Gasteiger partial charge in [0.15, 0.2) is 5.13 Å². The van der Waals surface area contributed by atoms with E-state index in [1.165, 1.54) is 43.4 Å². The van der Waals surface area contributed by atoms with Crippen LogP contribution in [0, 0.1) is 16.7 Å². The molecule has 2 aliphatic rings. The second kappa shape index (κ2) is 12.4. The van der Waals surface area contributed by atoms with Crippen molar-refractivity contribution in [3.63, 3.8) is 0 Å². The highest BCUT2D eigenvalue weighted by Gasteiger charge is 2.42. The molecule has 2 aromatic rings. The molecule has 0 spiro atoms. The lowest BCUT2D eigenvalue weighted by Gasteiger charge is -2.47. The molecule has 2 heterocycles. The maximum absolute atomic E-state index is 13.1. The summed E-state index contributed by atoms with van der Waals surface area (Å²) in [5, 5.41) is 3.59. The average Bonchev–Trinajstić information content (AvgIpc) is 3.29. The lowest BCUT2D eigenvalue weighted by Crippen LogP contribution is -2.49. The molecule has 2 bridgehead atoms. The molecule has 3 unspecified atom stereocenters. The number of nitrogens with one attached hydrogen (secondary N) is 1. The van der Waals surface area contributed by atoms with Crippen molar-refractivity contribution in [2.45, 2.75) is 111 Å². The normalized spacial score (nSPS) is 24.1. The van der Waals surface area contributed by atoms with Crippen molar-refractivity contribution in [3.8, 4) is 5.75 Å². The Hall–Kier alpha value is -2.15. The van der Waals surface area contributed by atoms with Crippen LogP contribution in [0.25, 0.3) is 10.2 Å². The molecule has 1 saturated carbocycles. The zero-order valence-corrected chi connectivity index (χ0v) is 24.9. The van der Waals surface area contributed by atoms with Crippen molar-refractivity contribution in [2.24, 2.45) is 16.7 Å². The van der Waals surface area contributed by atoms with Crippen LogP contribution < -0.4 is 10.1 Å². The number of likely N-dealkylation sites (tertiary alicyclic amines) is 1. The van der Waals surface area contributed by atoms with Gasteiger partial charge in [-0.1, -0.05) is 70.8 Å². The van der Waals surface area contributed by atoms with E-state index < -0.39 is 5.41 Å². The second-order valence-electron chi connectivity index (χ2n) is 12.7. The summed E-state index contributed by atoms with van der Waals surface area (Å²) in [4.78, 5) is 32.5. The number of rotatable bonds is 9. The minimum atomic E-state index is -0.474. The van der Waals surface area contributed by atoms with Gasteiger partial charge in [-0.2, -0.15) is 0 Å². The van der Waals surface area contributed by atoms with E-state index in [0.717, 1.165) is 54.6 Å². The predicted molar refractivity (Wildman–Crippen MR) is 157 cm³/mol. The molecule has 1 N–H and O–H groups in total. The Labute approximate surface area is 232 Å². The fraction of sp³-hybridized carbons (Fsp3) is 0.710. The van der Waals surface area contributed by atoms with Crippen LogP contribution in [0.2, 0.25) is 0 Å². The number of benzene rings is 1. The summed E-state index contributed by atoms with van der Waals surface area (Å²) in [5.41, 5.74) is 0.498. The van der Waals surface area contributed by atoms with Crippen molar-refractivity contribution in [1.82, 2.24) is 9.88 Å². The standard InChI is InChI=1S/C31H47N3O3S/c1-6-7-8-9-16-26(35)34-19-12-18-31(17-11-13-23(20-31)22(34)2)21-37-24-14-10-15-25-27(24)32-29(38-25)33-28(36)30(3,4)5/h10,14-15,22-23H,6-9,11-13,16-21H2,1-5H3,(H,32,33,36). The van der Waals surface area contributed by atoms with E-state index in [2.05, 4.69) is 24.1 Å². The molecule has 0 radical (unpaired) electrons. The average molecular weight is 542 g/mol. The van der Waals surface area contributed by atoms with Crippen LogP contribution in [0.3, 0.4) is 0 Å². The van der Waals surface area contributed by atoms with E-state index >= 15 is 0 Å². The van der Waals surface area contributed by atoms with Gasteiger partial charge in [0.05, 0.1) is 11.3 Å². The number of nitrogens with zero attached hydrogens (tertiary/aromatic N) is 2. The highest BCUT2D eigenvalue weighted by atomic mass is 32.1. The maximum atomic E-state index is 13.1. The summed E-state index contributed by atoms with van der Waals surface area (Å²) in [6.45, 7) is 11.7. The first-order valence-electron chi connectivity index (χ1n) is 14.8. The predicted octanol–water partition coefficient (Wildman–Crippen LogP) is 7.82. The van der Waals surface area contributed by atoms with Crippen LogP contribution >= 0.6 is 11.3 Å². The molecule has 1 saturated heterocycles. The number of thiazole rings is 1. The van der Waals surface area contributed by atoms with Gasteiger partial charge in [-0.25, -0.2) is 4.98 Å². The Bertz CT molecular complexity index is 1110. The Morgan fingerprint density at radius 3 is 2.74 bits per heavy atom. The first-order valence-corrected chi connectivity index (χ1v) is 15.6. The van der Waals surface area contributed by atoms with Crippen molar-refractivity contribution in [2.75, 3.05) is 18.5 Å². The largest absolute Gasteiger partial charge is 0.491 e. The fourth-order valence-corrected chi connectivity index (χ4v) is 7.11. The Kier molecular flexibility index (Phi) is 9.38. The van der Waals surface area contributed by atoms with Crippen molar-refractivity contribution in [1.29, 1.82) is 0 Å². The number of amides is 2. The third kappa shape index (κ3) is 6.88. The summed E-state index contributed by atoms with van der Waals surface area (Å²) in [7, 11) is 0. The number of hydrogen-bond acceptors (Lipinski definition) is 5. The van der Waals surface area contributed by atoms with Crippen LogP contribution in [0.1, 0.15) is 105 Å². The number of carbonyl (C=O) groups excluding carboxylic acids is 2.